The zero-order chi connectivity index (χ0) is 13.9. The van der Waals surface area contributed by atoms with Crippen LogP contribution in [-0.4, -0.2) is 26.3 Å². The standard InChI is InChI=1S/C11H12Cl2N2O2S/c1-8(6-14)7-15(2)18(16,17)11-4-9(12)3-10(13)5-11/h3-5,8H,7H2,1-2H3. The van der Waals surface area contributed by atoms with E-state index in [-0.39, 0.29) is 27.4 Å². The minimum Gasteiger partial charge on any atom is -0.207 e. The van der Waals surface area contributed by atoms with Crippen LogP contribution in [0.25, 0.3) is 0 Å². The predicted octanol–water partition coefficient (Wildman–Crippen LogP) is 2.77. The van der Waals surface area contributed by atoms with Crippen LogP contribution < -0.4 is 0 Å². The van der Waals surface area contributed by atoms with Crippen molar-refractivity contribution >= 4 is 33.2 Å². The molecule has 1 unspecified atom stereocenters. The van der Waals surface area contributed by atoms with Crippen molar-refractivity contribution in [3.8, 4) is 6.07 Å². The van der Waals surface area contributed by atoms with E-state index in [1.807, 2.05) is 6.07 Å². The lowest BCUT2D eigenvalue weighted by molar-refractivity contribution is 0.439. The van der Waals surface area contributed by atoms with Crippen molar-refractivity contribution < 1.29 is 8.42 Å². The minimum absolute atomic E-state index is 0.0210. The van der Waals surface area contributed by atoms with Crippen LogP contribution in [0.15, 0.2) is 23.1 Å². The van der Waals surface area contributed by atoms with Crippen LogP contribution in [-0.2, 0) is 10.0 Å². The van der Waals surface area contributed by atoms with E-state index in [0.29, 0.717) is 0 Å². The van der Waals surface area contributed by atoms with Gasteiger partial charge < -0.3 is 0 Å². The van der Waals surface area contributed by atoms with E-state index in [9.17, 15) is 8.42 Å². The average Bonchev–Trinajstić information content (AvgIpc) is 2.27. The molecular formula is C11H12Cl2N2O2S. The van der Waals surface area contributed by atoms with Crippen molar-refractivity contribution in [3.05, 3.63) is 28.2 Å². The van der Waals surface area contributed by atoms with Gasteiger partial charge in [-0.25, -0.2) is 8.42 Å². The first-order valence-corrected chi connectivity index (χ1v) is 7.29. The summed E-state index contributed by atoms with van der Waals surface area (Å²) in [7, 11) is -2.26. The molecule has 0 amide bonds. The molecule has 0 bridgehead atoms. The summed E-state index contributed by atoms with van der Waals surface area (Å²) in [6.45, 7) is 1.76. The van der Waals surface area contributed by atoms with Gasteiger partial charge in [0.1, 0.15) is 0 Å². The van der Waals surface area contributed by atoms with E-state index in [0.717, 1.165) is 4.31 Å². The Labute approximate surface area is 117 Å². The molecule has 1 aromatic rings. The Balaban J connectivity index is 3.10. The SMILES string of the molecule is CC(C#N)CN(C)S(=O)(=O)c1cc(Cl)cc(Cl)c1. The highest BCUT2D eigenvalue weighted by Gasteiger charge is 2.23. The van der Waals surface area contributed by atoms with E-state index in [4.69, 9.17) is 28.5 Å². The second-order valence-corrected chi connectivity index (χ2v) is 6.84. The quantitative estimate of drug-likeness (QED) is 0.859. The number of nitrogens with zero attached hydrogens (tertiary/aromatic N) is 2. The summed E-state index contributed by atoms with van der Waals surface area (Å²) < 4.78 is 25.5. The van der Waals surface area contributed by atoms with Crippen LogP contribution in [0.1, 0.15) is 6.92 Å². The molecule has 0 spiro atoms. The van der Waals surface area contributed by atoms with Crippen LogP contribution in [0.4, 0.5) is 0 Å². The van der Waals surface area contributed by atoms with Crippen LogP contribution in [0.3, 0.4) is 0 Å². The number of sulfonamides is 1. The van der Waals surface area contributed by atoms with Gasteiger partial charge in [0.25, 0.3) is 0 Å². The highest BCUT2D eigenvalue weighted by atomic mass is 35.5. The molecule has 0 fully saturated rings. The third kappa shape index (κ3) is 3.59. The maximum atomic E-state index is 12.2. The van der Waals surface area contributed by atoms with Crippen LogP contribution in [0, 0.1) is 17.2 Å². The van der Waals surface area contributed by atoms with Crippen LogP contribution >= 0.6 is 23.2 Å². The highest BCUT2D eigenvalue weighted by molar-refractivity contribution is 7.89. The third-order valence-corrected chi connectivity index (χ3v) is 4.53. The van der Waals surface area contributed by atoms with E-state index >= 15 is 0 Å². The van der Waals surface area contributed by atoms with Crippen LogP contribution in [0.5, 0.6) is 0 Å². The van der Waals surface area contributed by atoms with Gasteiger partial charge in [-0.1, -0.05) is 23.2 Å². The van der Waals surface area contributed by atoms with Gasteiger partial charge in [-0.15, -0.1) is 0 Å². The lowest BCUT2D eigenvalue weighted by Gasteiger charge is -2.18. The first-order chi connectivity index (χ1) is 8.27. The first-order valence-electron chi connectivity index (χ1n) is 5.09. The molecule has 1 rings (SSSR count). The fraction of sp³-hybridized carbons (Fsp3) is 0.364. The molecule has 1 atom stereocenters. The fourth-order valence-corrected chi connectivity index (χ4v) is 3.37. The molecule has 0 aliphatic carbocycles. The van der Waals surface area contributed by atoms with Crippen molar-refractivity contribution in [2.45, 2.75) is 11.8 Å². The molecular weight excluding hydrogens is 295 g/mol. The number of halogens is 2. The number of benzene rings is 1. The number of nitriles is 1. The molecule has 7 heteroatoms. The van der Waals surface area contributed by atoms with Crippen molar-refractivity contribution in [3.63, 3.8) is 0 Å². The number of rotatable bonds is 4. The summed E-state index contributed by atoms with van der Waals surface area (Å²) in [6, 6.07) is 6.10. The van der Waals surface area contributed by atoms with E-state index in [1.165, 1.54) is 25.2 Å². The number of hydrogen-bond donors (Lipinski definition) is 0. The average molecular weight is 307 g/mol. The molecule has 0 aliphatic rings. The summed E-state index contributed by atoms with van der Waals surface area (Å²) in [4.78, 5) is 0.0210. The summed E-state index contributed by atoms with van der Waals surface area (Å²) in [6.07, 6.45) is 0. The highest BCUT2D eigenvalue weighted by Crippen LogP contribution is 2.24. The van der Waals surface area contributed by atoms with Gasteiger partial charge in [0.15, 0.2) is 0 Å². The lowest BCUT2D eigenvalue weighted by atomic mass is 10.2. The summed E-state index contributed by atoms with van der Waals surface area (Å²) in [5.41, 5.74) is 0. The van der Waals surface area contributed by atoms with Crippen molar-refractivity contribution in [2.24, 2.45) is 5.92 Å². The molecule has 0 heterocycles. The third-order valence-electron chi connectivity index (χ3n) is 2.30. The molecule has 0 aliphatic heterocycles. The zero-order valence-corrected chi connectivity index (χ0v) is 12.2. The summed E-state index contributed by atoms with van der Waals surface area (Å²) in [5, 5.41) is 9.20. The van der Waals surface area contributed by atoms with Gasteiger partial charge in [0.05, 0.1) is 16.9 Å². The molecule has 0 N–H and O–H groups in total. The lowest BCUT2D eigenvalue weighted by Crippen LogP contribution is -2.30. The predicted molar refractivity (Wildman–Crippen MR) is 71.1 cm³/mol. The van der Waals surface area contributed by atoms with Crippen molar-refractivity contribution in [1.29, 1.82) is 5.26 Å². The maximum absolute atomic E-state index is 12.2. The van der Waals surface area contributed by atoms with E-state index < -0.39 is 10.0 Å². The summed E-state index contributed by atoms with van der Waals surface area (Å²) in [5.74, 6) is -0.389. The largest absolute Gasteiger partial charge is 0.242 e. The minimum atomic E-state index is -3.68. The Morgan fingerprint density at radius 2 is 1.83 bits per heavy atom. The van der Waals surface area contributed by atoms with Gasteiger partial charge in [0.2, 0.25) is 10.0 Å². The van der Waals surface area contributed by atoms with E-state index in [1.54, 1.807) is 6.92 Å². The molecule has 18 heavy (non-hydrogen) atoms. The fourth-order valence-electron chi connectivity index (χ4n) is 1.38. The topological polar surface area (TPSA) is 61.2 Å². The Bertz CT molecular complexity index is 561. The maximum Gasteiger partial charge on any atom is 0.242 e. The monoisotopic (exact) mass is 306 g/mol. The summed E-state index contributed by atoms with van der Waals surface area (Å²) >= 11 is 11.5. The molecule has 0 saturated heterocycles. The second-order valence-electron chi connectivity index (χ2n) is 3.92. The Morgan fingerprint density at radius 3 is 2.28 bits per heavy atom. The number of hydrogen-bond acceptors (Lipinski definition) is 3. The van der Waals surface area contributed by atoms with Crippen molar-refractivity contribution in [2.75, 3.05) is 13.6 Å². The smallest absolute Gasteiger partial charge is 0.207 e. The molecule has 1 aromatic carbocycles. The normalized spacial score (nSPS) is 13.3. The van der Waals surface area contributed by atoms with Crippen LogP contribution in [0.2, 0.25) is 10.0 Å². The molecule has 0 aromatic heterocycles. The van der Waals surface area contributed by atoms with E-state index in [2.05, 4.69) is 0 Å². The first kappa shape index (κ1) is 15.3. The van der Waals surface area contributed by atoms with Gasteiger partial charge in [-0.3, -0.25) is 0 Å². The Morgan fingerprint density at radius 1 is 1.33 bits per heavy atom. The zero-order valence-electron chi connectivity index (χ0n) is 9.89. The van der Waals surface area contributed by atoms with Crippen molar-refractivity contribution in [1.82, 2.24) is 4.31 Å². The van der Waals surface area contributed by atoms with Gasteiger partial charge >= 0.3 is 0 Å². The van der Waals surface area contributed by atoms with Gasteiger partial charge in [-0.2, -0.15) is 9.57 Å². The Kier molecular flexibility index (Phi) is 5.00. The van der Waals surface area contributed by atoms with Gasteiger partial charge in [-0.05, 0) is 25.1 Å². The molecule has 4 nitrogen and oxygen atoms in total. The molecule has 0 saturated carbocycles. The molecule has 0 radical (unpaired) electrons. The Hall–Kier alpha value is -0.800. The van der Waals surface area contributed by atoms with Gasteiger partial charge in [0, 0.05) is 23.6 Å². The molecule has 98 valence electrons. The second kappa shape index (κ2) is 5.89.